The average molecular weight is 526 g/mol. The van der Waals surface area contributed by atoms with E-state index < -0.39 is 17.9 Å². The van der Waals surface area contributed by atoms with Gasteiger partial charge in [-0.1, -0.05) is 41.4 Å². The summed E-state index contributed by atoms with van der Waals surface area (Å²) in [5.74, 6) is 0.213. The number of halogens is 5. The number of likely N-dealkylation sites (N-methyl/N-ethyl adjacent to an activating group) is 1. The number of anilines is 1. The second-order valence-electron chi connectivity index (χ2n) is 7.73. The third kappa shape index (κ3) is 6.80. The van der Waals surface area contributed by atoms with Crippen LogP contribution in [0.5, 0.6) is 5.75 Å². The van der Waals surface area contributed by atoms with E-state index in [-0.39, 0.29) is 5.91 Å². The number of methoxy groups -OCH3 is 1. The maximum atomic E-state index is 13.0. The zero-order valence-electron chi connectivity index (χ0n) is 19.1. The molecule has 0 radical (unpaired) electrons. The first-order chi connectivity index (χ1) is 16.6. The molecule has 2 aromatic carbocycles. The number of carbonyl (C=O) groups is 1. The molecular formula is C25H24Cl2F3N3O2. The number of aromatic nitrogens is 1. The summed E-state index contributed by atoms with van der Waals surface area (Å²) in [7, 11) is 3.06. The molecule has 10 heteroatoms. The van der Waals surface area contributed by atoms with Crippen LogP contribution in [-0.4, -0.2) is 31.6 Å². The number of nitrogens with zero attached hydrogens (tertiary/aromatic N) is 2. The van der Waals surface area contributed by atoms with Crippen LogP contribution < -0.4 is 15.0 Å². The minimum Gasteiger partial charge on any atom is -0.495 e. The molecule has 1 atom stereocenters. The van der Waals surface area contributed by atoms with Crippen LogP contribution in [0.15, 0.2) is 60.8 Å². The summed E-state index contributed by atoms with van der Waals surface area (Å²) in [6, 6.07) is 13.9. The Labute approximate surface area is 211 Å². The Morgan fingerprint density at radius 3 is 2.40 bits per heavy atom. The Morgan fingerprint density at radius 2 is 1.83 bits per heavy atom. The predicted molar refractivity (Wildman–Crippen MR) is 131 cm³/mol. The second kappa shape index (κ2) is 11.6. The largest absolute Gasteiger partial charge is 0.495 e. The van der Waals surface area contributed by atoms with Crippen molar-refractivity contribution in [1.82, 2.24) is 10.3 Å². The van der Waals surface area contributed by atoms with Gasteiger partial charge in [0, 0.05) is 36.6 Å². The molecule has 0 saturated heterocycles. The lowest BCUT2D eigenvalue weighted by molar-refractivity contribution is -0.141. The molecule has 1 amide bonds. The van der Waals surface area contributed by atoms with Gasteiger partial charge in [0.05, 0.1) is 12.1 Å². The standard InChI is InChI=1S/C25H24Cl2F3N3O2/c1-31-24(34)23(17-6-8-18(26)9-7-17)33(19-10-11-20(27)21(14-19)35-2)13-3-4-16-5-12-22(32-15-16)25(28,29)30/h5-12,14-15,23H,3-4,13H2,1-2H3,(H,31,34). The number of ether oxygens (including phenoxy) is 1. The van der Waals surface area contributed by atoms with E-state index in [9.17, 15) is 18.0 Å². The Morgan fingerprint density at radius 1 is 1.11 bits per heavy atom. The summed E-state index contributed by atoms with van der Waals surface area (Å²) in [4.78, 5) is 18.5. The van der Waals surface area contributed by atoms with E-state index in [2.05, 4.69) is 10.3 Å². The lowest BCUT2D eigenvalue weighted by Crippen LogP contribution is -2.40. The predicted octanol–water partition coefficient (Wildman–Crippen LogP) is 6.34. The molecule has 0 aliphatic heterocycles. The van der Waals surface area contributed by atoms with Gasteiger partial charge in [0.1, 0.15) is 17.5 Å². The third-order valence-electron chi connectivity index (χ3n) is 5.44. The zero-order chi connectivity index (χ0) is 25.6. The van der Waals surface area contributed by atoms with Gasteiger partial charge >= 0.3 is 6.18 Å². The molecule has 0 fully saturated rings. The number of amides is 1. The minimum absolute atomic E-state index is 0.238. The van der Waals surface area contributed by atoms with Crippen molar-refractivity contribution in [2.75, 3.05) is 25.6 Å². The maximum absolute atomic E-state index is 13.0. The van der Waals surface area contributed by atoms with Gasteiger partial charge in [-0.3, -0.25) is 9.78 Å². The van der Waals surface area contributed by atoms with Crippen LogP contribution >= 0.6 is 23.2 Å². The number of hydrogen-bond donors (Lipinski definition) is 1. The van der Waals surface area contributed by atoms with Gasteiger partial charge in [0.2, 0.25) is 5.91 Å². The van der Waals surface area contributed by atoms with Crippen molar-refractivity contribution in [3.05, 3.63) is 87.7 Å². The second-order valence-corrected chi connectivity index (χ2v) is 8.58. The number of pyridine rings is 1. The van der Waals surface area contributed by atoms with Gasteiger partial charge in [0.25, 0.3) is 0 Å². The monoisotopic (exact) mass is 525 g/mol. The topological polar surface area (TPSA) is 54.5 Å². The lowest BCUT2D eigenvalue weighted by atomic mass is 10.0. The Hall–Kier alpha value is -2.97. The fourth-order valence-electron chi connectivity index (χ4n) is 3.68. The first-order valence-corrected chi connectivity index (χ1v) is 11.5. The molecule has 0 aliphatic carbocycles. The lowest BCUT2D eigenvalue weighted by Gasteiger charge is -2.33. The zero-order valence-corrected chi connectivity index (χ0v) is 20.6. The molecule has 5 nitrogen and oxygen atoms in total. The molecule has 1 heterocycles. The highest BCUT2D eigenvalue weighted by Gasteiger charge is 2.32. The van der Waals surface area contributed by atoms with Gasteiger partial charge in [-0.2, -0.15) is 13.2 Å². The highest BCUT2D eigenvalue weighted by atomic mass is 35.5. The molecular weight excluding hydrogens is 502 g/mol. The molecule has 35 heavy (non-hydrogen) atoms. The summed E-state index contributed by atoms with van der Waals surface area (Å²) in [6.45, 7) is 0.409. The molecule has 1 aromatic heterocycles. The smallest absolute Gasteiger partial charge is 0.433 e. The molecule has 3 aromatic rings. The number of hydrogen-bond acceptors (Lipinski definition) is 4. The van der Waals surface area contributed by atoms with E-state index in [1.807, 2.05) is 4.90 Å². The van der Waals surface area contributed by atoms with E-state index in [4.69, 9.17) is 27.9 Å². The number of rotatable bonds is 9. The van der Waals surface area contributed by atoms with Crippen LogP contribution in [0.25, 0.3) is 0 Å². The SMILES string of the molecule is CNC(=O)C(c1ccc(Cl)cc1)N(CCCc1ccc(C(F)(F)F)nc1)c1ccc(Cl)c(OC)c1. The summed E-state index contributed by atoms with van der Waals surface area (Å²) >= 11 is 12.3. The average Bonchev–Trinajstić information content (AvgIpc) is 2.84. The molecule has 1 unspecified atom stereocenters. The fourth-order valence-corrected chi connectivity index (χ4v) is 4.00. The van der Waals surface area contributed by atoms with Crippen molar-refractivity contribution in [1.29, 1.82) is 0 Å². The normalized spacial score (nSPS) is 12.2. The van der Waals surface area contributed by atoms with E-state index in [0.717, 1.165) is 11.6 Å². The maximum Gasteiger partial charge on any atom is 0.433 e. The van der Waals surface area contributed by atoms with Crippen molar-refractivity contribution >= 4 is 34.8 Å². The van der Waals surface area contributed by atoms with Gasteiger partial charge in [0.15, 0.2) is 0 Å². The van der Waals surface area contributed by atoms with Crippen molar-refractivity contribution < 1.29 is 22.7 Å². The summed E-state index contributed by atoms with van der Waals surface area (Å²) in [6.07, 6.45) is -2.25. The first kappa shape index (κ1) is 26.6. The highest BCUT2D eigenvalue weighted by molar-refractivity contribution is 6.32. The van der Waals surface area contributed by atoms with Crippen LogP contribution in [0.2, 0.25) is 10.0 Å². The van der Waals surface area contributed by atoms with Crippen LogP contribution in [0.3, 0.4) is 0 Å². The Balaban J connectivity index is 1.91. The van der Waals surface area contributed by atoms with Crippen molar-refractivity contribution in [2.24, 2.45) is 0 Å². The van der Waals surface area contributed by atoms with Crippen molar-refractivity contribution in [2.45, 2.75) is 25.1 Å². The van der Waals surface area contributed by atoms with Gasteiger partial charge in [-0.25, -0.2) is 0 Å². The number of aryl methyl sites for hydroxylation is 1. The van der Waals surface area contributed by atoms with Crippen molar-refractivity contribution in [3.63, 3.8) is 0 Å². The van der Waals surface area contributed by atoms with E-state index >= 15 is 0 Å². The molecule has 3 rings (SSSR count). The quantitative estimate of drug-likeness (QED) is 0.354. The number of carbonyl (C=O) groups excluding carboxylic acids is 1. The van der Waals surface area contributed by atoms with Crippen LogP contribution in [0.4, 0.5) is 18.9 Å². The van der Waals surface area contributed by atoms with Crippen molar-refractivity contribution in [3.8, 4) is 5.75 Å². The summed E-state index contributed by atoms with van der Waals surface area (Å²) in [5.41, 5.74) is 1.15. The number of nitrogens with one attached hydrogen (secondary N) is 1. The van der Waals surface area contributed by atoms with Gasteiger partial charge in [-0.05, 0) is 54.3 Å². The third-order valence-corrected chi connectivity index (χ3v) is 6.00. The molecule has 1 N–H and O–H groups in total. The minimum atomic E-state index is -4.48. The molecule has 0 bridgehead atoms. The summed E-state index contributed by atoms with van der Waals surface area (Å²) < 4.78 is 43.8. The highest BCUT2D eigenvalue weighted by Crippen LogP contribution is 2.34. The Bertz CT molecular complexity index is 1140. The van der Waals surface area contributed by atoms with Crippen LogP contribution in [0.1, 0.15) is 29.3 Å². The van der Waals surface area contributed by atoms with Crippen LogP contribution in [-0.2, 0) is 17.4 Å². The first-order valence-electron chi connectivity index (χ1n) is 10.7. The summed E-state index contributed by atoms with van der Waals surface area (Å²) in [5, 5.41) is 3.68. The Kier molecular flexibility index (Phi) is 8.86. The molecule has 0 saturated carbocycles. The molecule has 186 valence electrons. The van der Waals surface area contributed by atoms with Gasteiger partial charge in [-0.15, -0.1) is 0 Å². The van der Waals surface area contributed by atoms with E-state index in [1.54, 1.807) is 49.5 Å². The fraction of sp³-hybridized carbons (Fsp3) is 0.280. The van der Waals surface area contributed by atoms with E-state index in [1.165, 1.54) is 19.4 Å². The molecule has 0 spiro atoms. The number of benzene rings is 2. The van der Waals surface area contributed by atoms with Crippen LogP contribution in [0, 0.1) is 0 Å². The van der Waals surface area contributed by atoms with E-state index in [0.29, 0.717) is 46.4 Å². The molecule has 0 aliphatic rings. The number of alkyl halides is 3. The van der Waals surface area contributed by atoms with Gasteiger partial charge < -0.3 is 15.0 Å².